The van der Waals surface area contributed by atoms with Gasteiger partial charge in [0, 0.05) is 36.2 Å². The summed E-state index contributed by atoms with van der Waals surface area (Å²) in [4.78, 5) is 63.1. The minimum Gasteiger partial charge on any atom is -0.465 e. The van der Waals surface area contributed by atoms with E-state index in [0.29, 0.717) is 18.5 Å². The number of ether oxygens (including phenoxy) is 3. The number of esters is 2. The molecule has 2 unspecified atom stereocenters. The van der Waals surface area contributed by atoms with E-state index >= 15 is 4.39 Å². The largest absolute Gasteiger partial charge is 0.465 e. The molecule has 11 nitrogen and oxygen atoms in total. The zero-order chi connectivity index (χ0) is 32.8. The highest BCUT2D eigenvalue weighted by molar-refractivity contribution is 6.01. The van der Waals surface area contributed by atoms with Gasteiger partial charge in [0.05, 0.1) is 25.0 Å². The summed E-state index contributed by atoms with van der Waals surface area (Å²) in [6.07, 6.45) is 2.01. The molecule has 1 amide bonds. The zero-order valence-electron chi connectivity index (χ0n) is 26.0. The molecule has 2 atom stereocenters. The Labute approximate surface area is 255 Å². The van der Waals surface area contributed by atoms with Crippen molar-refractivity contribution in [2.75, 3.05) is 20.0 Å². The highest BCUT2D eigenvalue weighted by Crippen LogP contribution is 2.27. The number of hydrogen-bond donors (Lipinski definition) is 2. The smallest absolute Gasteiger partial charge is 0.311 e. The van der Waals surface area contributed by atoms with Crippen LogP contribution in [0.3, 0.4) is 0 Å². The van der Waals surface area contributed by atoms with Gasteiger partial charge in [-0.25, -0.2) is 4.39 Å². The summed E-state index contributed by atoms with van der Waals surface area (Å²) in [7, 11) is 0. The van der Waals surface area contributed by atoms with Crippen molar-refractivity contribution in [1.29, 1.82) is 0 Å². The summed E-state index contributed by atoms with van der Waals surface area (Å²) in [5, 5.41) is 12.5. The maximum absolute atomic E-state index is 15.0. The number of fused-ring (bicyclic) bond motifs is 1. The second-order valence-corrected chi connectivity index (χ2v) is 12.2. The van der Waals surface area contributed by atoms with Crippen molar-refractivity contribution in [2.45, 2.75) is 67.5 Å². The number of ketones is 1. The Bertz CT molecular complexity index is 1470. The van der Waals surface area contributed by atoms with Crippen LogP contribution in [0.15, 0.2) is 29.2 Å². The standard InChI is InChI=1S/C32H41FN2O9/c1-18(2)30(40)42-16-32(6,15-36)12-21-7-8-22(24(33)11-21)13-34-29(39)23-14-35-10-9-20(5)26(37)25(35)28(27(23)38)43-17-44-31(41)19(3)4/h7-8,11,14,18-20,36H,9-10,12-13,15-17H2,1-6H3,(H,34,39). The van der Waals surface area contributed by atoms with Crippen LogP contribution in [-0.4, -0.2) is 53.3 Å². The summed E-state index contributed by atoms with van der Waals surface area (Å²) in [5.41, 5.74) is -1.28. The average molecular weight is 617 g/mol. The molecule has 3 rings (SSSR count). The summed E-state index contributed by atoms with van der Waals surface area (Å²) in [6, 6.07) is 4.42. The van der Waals surface area contributed by atoms with Crippen LogP contribution < -0.4 is 15.5 Å². The van der Waals surface area contributed by atoms with Gasteiger partial charge < -0.3 is 29.2 Å². The summed E-state index contributed by atoms with van der Waals surface area (Å²) in [6.45, 7) is 9.30. The fourth-order valence-corrected chi connectivity index (χ4v) is 4.55. The van der Waals surface area contributed by atoms with E-state index in [1.54, 1.807) is 47.6 Å². The maximum atomic E-state index is 15.0. The van der Waals surface area contributed by atoms with E-state index in [9.17, 15) is 29.1 Å². The molecular formula is C32H41FN2O9. The molecule has 1 aromatic heterocycles. The maximum Gasteiger partial charge on any atom is 0.311 e. The molecule has 0 saturated carbocycles. The lowest BCUT2D eigenvalue weighted by molar-refractivity contribution is -0.154. The fourth-order valence-electron chi connectivity index (χ4n) is 4.55. The van der Waals surface area contributed by atoms with Crippen molar-refractivity contribution in [3.63, 3.8) is 0 Å². The van der Waals surface area contributed by atoms with Gasteiger partial charge in [-0.3, -0.25) is 24.0 Å². The van der Waals surface area contributed by atoms with Crippen molar-refractivity contribution in [3.8, 4) is 5.75 Å². The predicted molar refractivity (Wildman–Crippen MR) is 158 cm³/mol. The number of aromatic nitrogens is 1. The minimum absolute atomic E-state index is 0.00128. The Balaban J connectivity index is 1.76. The summed E-state index contributed by atoms with van der Waals surface area (Å²) < 4.78 is 32.3. The van der Waals surface area contributed by atoms with Gasteiger partial charge in [-0.15, -0.1) is 0 Å². The lowest BCUT2D eigenvalue weighted by atomic mass is 9.85. The SMILES string of the molecule is CC(C)C(=O)OCOc1c2n(cc(C(=O)NCc3ccc(CC(C)(CO)COC(=O)C(C)C)cc3F)c1=O)CCC(C)C2=O. The lowest BCUT2D eigenvalue weighted by Gasteiger charge is -2.27. The number of nitrogens with zero attached hydrogens (tertiary/aromatic N) is 1. The number of benzene rings is 1. The quantitative estimate of drug-likeness (QED) is 0.255. The summed E-state index contributed by atoms with van der Waals surface area (Å²) >= 11 is 0. The van der Waals surface area contributed by atoms with Gasteiger partial charge in [0.2, 0.25) is 12.2 Å². The number of rotatable bonds is 13. The Morgan fingerprint density at radius 1 is 1.11 bits per heavy atom. The second-order valence-electron chi connectivity index (χ2n) is 12.2. The third-order valence-corrected chi connectivity index (χ3v) is 7.45. The molecule has 0 spiro atoms. The van der Waals surface area contributed by atoms with Crippen molar-refractivity contribution in [3.05, 3.63) is 62.8 Å². The van der Waals surface area contributed by atoms with E-state index < -0.39 is 47.2 Å². The second kappa shape index (κ2) is 14.6. The lowest BCUT2D eigenvalue weighted by Crippen LogP contribution is -2.35. The highest BCUT2D eigenvalue weighted by atomic mass is 19.1. The number of carbonyl (C=O) groups is 4. The number of aryl methyl sites for hydroxylation is 1. The van der Waals surface area contributed by atoms with Gasteiger partial charge in [-0.1, -0.05) is 53.7 Å². The van der Waals surface area contributed by atoms with Crippen LogP contribution in [0.4, 0.5) is 4.39 Å². The molecule has 240 valence electrons. The fraction of sp³-hybridized carbons (Fsp3) is 0.531. The molecule has 1 aliphatic rings. The van der Waals surface area contributed by atoms with Crippen molar-refractivity contribution in [1.82, 2.24) is 9.88 Å². The first kappa shape index (κ1) is 34.4. The zero-order valence-corrected chi connectivity index (χ0v) is 26.0. The van der Waals surface area contributed by atoms with E-state index in [1.807, 2.05) is 0 Å². The van der Waals surface area contributed by atoms with E-state index in [-0.39, 0.29) is 66.4 Å². The van der Waals surface area contributed by atoms with Gasteiger partial charge in [0.15, 0.2) is 11.5 Å². The van der Waals surface area contributed by atoms with Gasteiger partial charge in [0.1, 0.15) is 17.1 Å². The number of aliphatic hydroxyl groups excluding tert-OH is 1. The molecule has 0 aliphatic carbocycles. The van der Waals surface area contributed by atoms with Crippen LogP contribution in [-0.2, 0) is 38.6 Å². The first-order valence-corrected chi connectivity index (χ1v) is 14.6. The van der Waals surface area contributed by atoms with Gasteiger partial charge in [0.25, 0.3) is 5.91 Å². The number of pyridine rings is 1. The third-order valence-electron chi connectivity index (χ3n) is 7.45. The van der Waals surface area contributed by atoms with E-state index in [4.69, 9.17) is 14.2 Å². The third kappa shape index (κ3) is 8.31. The Hall–Kier alpha value is -4.06. The first-order chi connectivity index (χ1) is 20.7. The molecule has 0 saturated heterocycles. The molecule has 1 aromatic carbocycles. The molecule has 2 N–H and O–H groups in total. The van der Waals surface area contributed by atoms with E-state index in [0.717, 1.165) is 0 Å². The number of halogens is 1. The molecule has 0 fully saturated rings. The van der Waals surface area contributed by atoms with E-state index in [2.05, 4.69) is 5.32 Å². The van der Waals surface area contributed by atoms with Crippen LogP contribution in [0, 0.1) is 29.0 Å². The van der Waals surface area contributed by atoms with Crippen LogP contribution in [0.2, 0.25) is 0 Å². The molecule has 2 aromatic rings. The number of carbonyl (C=O) groups excluding carboxylic acids is 4. The predicted octanol–water partition coefficient (Wildman–Crippen LogP) is 3.42. The van der Waals surface area contributed by atoms with Crippen LogP contribution in [0.25, 0.3) is 0 Å². The average Bonchev–Trinajstić information content (AvgIpc) is 2.97. The van der Waals surface area contributed by atoms with Crippen LogP contribution in [0.1, 0.15) is 79.9 Å². The van der Waals surface area contributed by atoms with Crippen molar-refractivity contribution >= 4 is 23.6 Å². The number of aliphatic hydroxyl groups is 1. The van der Waals surface area contributed by atoms with Crippen LogP contribution >= 0.6 is 0 Å². The normalized spacial score (nSPS) is 15.9. The molecular weight excluding hydrogens is 575 g/mol. The topological polar surface area (TPSA) is 150 Å². The highest BCUT2D eigenvalue weighted by Gasteiger charge is 2.32. The minimum atomic E-state index is -0.853. The Morgan fingerprint density at radius 2 is 1.77 bits per heavy atom. The number of hydrogen-bond acceptors (Lipinski definition) is 9. The number of nitrogens with one attached hydrogen (secondary N) is 1. The number of amides is 1. The Morgan fingerprint density at radius 3 is 2.39 bits per heavy atom. The summed E-state index contributed by atoms with van der Waals surface area (Å²) in [5.74, 6) is -4.20. The molecule has 12 heteroatoms. The van der Waals surface area contributed by atoms with Gasteiger partial charge >= 0.3 is 11.9 Å². The van der Waals surface area contributed by atoms with Crippen LogP contribution in [0.5, 0.6) is 5.75 Å². The molecule has 0 bridgehead atoms. The van der Waals surface area contributed by atoms with Gasteiger partial charge in [-0.05, 0) is 24.5 Å². The molecule has 1 aliphatic heterocycles. The first-order valence-electron chi connectivity index (χ1n) is 14.6. The van der Waals surface area contributed by atoms with Gasteiger partial charge in [-0.2, -0.15) is 0 Å². The van der Waals surface area contributed by atoms with Crippen molar-refractivity contribution < 1.29 is 42.9 Å². The Kier molecular flexibility index (Phi) is 11.4. The molecule has 0 radical (unpaired) electrons. The monoisotopic (exact) mass is 616 g/mol. The van der Waals surface area contributed by atoms with E-state index in [1.165, 1.54) is 22.9 Å². The molecule has 44 heavy (non-hydrogen) atoms. The van der Waals surface area contributed by atoms with Crippen molar-refractivity contribution in [2.24, 2.45) is 23.2 Å². The molecule has 2 heterocycles. The number of Topliss-reactive ketones (excluding diaryl/α,β-unsaturated/α-hetero) is 1.